The highest BCUT2D eigenvalue weighted by molar-refractivity contribution is 5.85. The molecule has 0 radical (unpaired) electrons. The topological polar surface area (TPSA) is 38.4 Å². The van der Waals surface area contributed by atoms with E-state index < -0.39 is 0 Å². The van der Waals surface area contributed by atoms with E-state index in [9.17, 15) is 0 Å². The molecular formula is C10H21ClN2. The molecular weight excluding hydrogens is 184 g/mol. The first-order chi connectivity index (χ1) is 5.74. The van der Waals surface area contributed by atoms with Gasteiger partial charge in [-0.25, -0.2) is 0 Å². The minimum Gasteiger partial charge on any atom is -0.387 e. The Kier molecular flexibility index (Phi) is 6.13. The van der Waals surface area contributed by atoms with E-state index in [-0.39, 0.29) is 12.4 Å². The summed E-state index contributed by atoms with van der Waals surface area (Å²) >= 11 is 0. The number of amidine groups is 1. The van der Waals surface area contributed by atoms with Crippen LogP contribution in [0, 0.1) is 5.92 Å². The first-order valence-corrected chi connectivity index (χ1v) is 5.06. The van der Waals surface area contributed by atoms with E-state index >= 15 is 0 Å². The van der Waals surface area contributed by atoms with Crippen LogP contribution in [0.15, 0.2) is 4.99 Å². The van der Waals surface area contributed by atoms with Crippen molar-refractivity contribution >= 4 is 18.2 Å². The van der Waals surface area contributed by atoms with Gasteiger partial charge in [-0.15, -0.1) is 12.4 Å². The lowest BCUT2D eigenvalue weighted by Gasteiger charge is -2.11. The summed E-state index contributed by atoms with van der Waals surface area (Å²) in [6.45, 7) is 4.48. The molecule has 0 fully saturated rings. The molecule has 0 aliphatic carbocycles. The lowest BCUT2D eigenvalue weighted by atomic mass is 9.97. The molecule has 2 atom stereocenters. The van der Waals surface area contributed by atoms with Crippen LogP contribution in [0.1, 0.15) is 46.0 Å². The number of unbranched alkanes of at least 4 members (excludes halogenated alkanes) is 2. The van der Waals surface area contributed by atoms with Crippen molar-refractivity contribution in [3.63, 3.8) is 0 Å². The monoisotopic (exact) mass is 204 g/mol. The van der Waals surface area contributed by atoms with Crippen LogP contribution in [-0.2, 0) is 0 Å². The second-order valence-electron chi connectivity index (χ2n) is 3.86. The number of hydrogen-bond acceptors (Lipinski definition) is 2. The number of aliphatic imine (C=N–C) groups is 1. The molecule has 0 amide bonds. The van der Waals surface area contributed by atoms with E-state index in [1.807, 2.05) is 0 Å². The van der Waals surface area contributed by atoms with Crippen LogP contribution in [0.3, 0.4) is 0 Å². The van der Waals surface area contributed by atoms with Gasteiger partial charge in [-0.1, -0.05) is 33.1 Å². The molecule has 0 bridgehead atoms. The number of nitrogens with zero attached hydrogens (tertiary/aromatic N) is 1. The third-order valence-electron chi connectivity index (χ3n) is 2.62. The van der Waals surface area contributed by atoms with E-state index in [2.05, 4.69) is 18.8 Å². The third-order valence-corrected chi connectivity index (χ3v) is 2.62. The number of nitrogens with two attached hydrogens (primary N) is 1. The van der Waals surface area contributed by atoms with Crippen molar-refractivity contribution in [3.05, 3.63) is 0 Å². The zero-order valence-electron chi connectivity index (χ0n) is 8.62. The molecule has 2 N–H and O–H groups in total. The molecule has 1 rings (SSSR count). The van der Waals surface area contributed by atoms with E-state index in [1.165, 1.54) is 25.7 Å². The van der Waals surface area contributed by atoms with Crippen LogP contribution in [0.2, 0.25) is 0 Å². The van der Waals surface area contributed by atoms with Gasteiger partial charge in [0.25, 0.3) is 0 Å². The summed E-state index contributed by atoms with van der Waals surface area (Å²) < 4.78 is 0. The fraction of sp³-hybridized carbons (Fsp3) is 0.900. The smallest absolute Gasteiger partial charge is 0.0944 e. The van der Waals surface area contributed by atoms with Gasteiger partial charge >= 0.3 is 0 Å². The number of hydrogen-bond donors (Lipinski definition) is 1. The molecule has 78 valence electrons. The summed E-state index contributed by atoms with van der Waals surface area (Å²) in [5, 5.41) is 0. The lowest BCUT2D eigenvalue weighted by molar-refractivity contribution is 0.455. The molecule has 1 aliphatic rings. The Bertz CT molecular complexity index is 168. The standard InChI is InChI=1S/C10H20N2.ClH/c1-3-4-5-6-9-8(2)7-10(11)12-9;/h8-9H,3-7H2,1-2H3,(H2,11,12);1H/t8-,9-;/m1./s1. The predicted octanol–water partition coefficient (Wildman–Crippen LogP) is 2.75. The average Bonchev–Trinajstić information content (AvgIpc) is 2.31. The molecule has 0 aromatic rings. The lowest BCUT2D eigenvalue weighted by Crippen LogP contribution is -2.11. The van der Waals surface area contributed by atoms with Gasteiger partial charge in [0.2, 0.25) is 0 Å². The Hall–Kier alpha value is -0.240. The van der Waals surface area contributed by atoms with Crippen molar-refractivity contribution in [2.45, 2.75) is 52.0 Å². The van der Waals surface area contributed by atoms with Crippen LogP contribution < -0.4 is 5.73 Å². The van der Waals surface area contributed by atoms with E-state index in [0.29, 0.717) is 12.0 Å². The SMILES string of the molecule is CCCCC[C@H]1N=C(N)C[C@H]1C.Cl. The Balaban J connectivity index is 0.00000144. The first kappa shape index (κ1) is 12.8. The molecule has 0 spiro atoms. The maximum atomic E-state index is 5.67. The fourth-order valence-electron chi connectivity index (χ4n) is 1.81. The summed E-state index contributed by atoms with van der Waals surface area (Å²) in [4.78, 5) is 4.44. The summed E-state index contributed by atoms with van der Waals surface area (Å²) in [7, 11) is 0. The van der Waals surface area contributed by atoms with Crippen LogP contribution in [-0.4, -0.2) is 11.9 Å². The molecule has 1 aliphatic heterocycles. The van der Waals surface area contributed by atoms with Crippen molar-refractivity contribution in [1.29, 1.82) is 0 Å². The average molecular weight is 205 g/mol. The molecule has 3 heteroatoms. The van der Waals surface area contributed by atoms with Gasteiger partial charge in [0, 0.05) is 6.42 Å². The van der Waals surface area contributed by atoms with Gasteiger partial charge in [0.1, 0.15) is 0 Å². The molecule has 0 aromatic heterocycles. The molecule has 13 heavy (non-hydrogen) atoms. The van der Waals surface area contributed by atoms with Crippen LogP contribution in [0.5, 0.6) is 0 Å². The Morgan fingerprint density at radius 1 is 1.46 bits per heavy atom. The second-order valence-corrected chi connectivity index (χ2v) is 3.86. The van der Waals surface area contributed by atoms with Gasteiger partial charge in [0.05, 0.1) is 11.9 Å². The predicted molar refractivity (Wildman–Crippen MR) is 60.6 cm³/mol. The van der Waals surface area contributed by atoms with Crippen LogP contribution >= 0.6 is 12.4 Å². The first-order valence-electron chi connectivity index (χ1n) is 5.06. The summed E-state index contributed by atoms with van der Waals surface area (Å²) in [5.41, 5.74) is 5.67. The quantitative estimate of drug-likeness (QED) is 0.703. The van der Waals surface area contributed by atoms with Gasteiger partial charge in [-0.05, 0) is 12.3 Å². The van der Waals surface area contributed by atoms with Gasteiger partial charge < -0.3 is 5.73 Å². The molecule has 2 nitrogen and oxygen atoms in total. The Morgan fingerprint density at radius 3 is 2.62 bits per heavy atom. The number of halogens is 1. The van der Waals surface area contributed by atoms with E-state index in [1.54, 1.807) is 0 Å². The minimum atomic E-state index is 0. The summed E-state index contributed by atoms with van der Waals surface area (Å²) in [5.74, 6) is 1.55. The Labute approximate surface area is 87.4 Å². The number of rotatable bonds is 4. The highest BCUT2D eigenvalue weighted by Crippen LogP contribution is 2.23. The van der Waals surface area contributed by atoms with Crippen molar-refractivity contribution in [1.82, 2.24) is 0 Å². The van der Waals surface area contributed by atoms with Crippen molar-refractivity contribution in [3.8, 4) is 0 Å². The second kappa shape index (κ2) is 6.25. The van der Waals surface area contributed by atoms with Crippen molar-refractivity contribution < 1.29 is 0 Å². The highest BCUT2D eigenvalue weighted by atomic mass is 35.5. The maximum Gasteiger partial charge on any atom is 0.0944 e. The highest BCUT2D eigenvalue weighted by Gasteiger charge is 2.22. The Morgan fingerprint density at radius 2 is 2.15 bits per heavy atom. The van der Waals surface area contributed by atoms with Crippen molar-refractivity contribution in [2.24, 2.45) is 16.6 Å². The summed E-state index contributed by atoms with van der Waals surface area (Å²) in [6, 6.07) is 0.525. The van der Waals surface area contributed by atoms with Gasteiger partial charge in [-0.2, -0.15) is 0 Å². The van der Waals surface area contributed by atoms with Gasteiger partial charge in [0.15, 0.2) is 0 Å². The molecule has 0 saturated heterocycles. The minimum absolute atomic E-state index is 0. The summed E-state index contributed by atoms with van der Waals surface area (Å²) in [6.07, 6.45) is 6.17. The van der Waals surface area contributed by atoms with Crippen LogP contribution in [0.4, 0.5) is 0 Å². The van der Waals surface area contributed by atoms with E-state index in [4.69, 9.17) is 5.73 Å². The molecule has 0 aromatic carbocycles. The largest absolute Gasteiger partial charge is 0.387 e. The third kappa shape index (κ3) is 3.99. The van der Waals surface area contributed by atoms with E-state index in [0.717, 1.165) is 12.3 Å². The molecule has 0 saturated carbocycles. The normalized spacial score (nSPS) is 26.8. The fourth-order valence-corrected chi connectivity index (χ4v) is 1.81. The zero-order valence-corrected chi connectivity index (χ0v) is 9.44. The van der Waals surface area contributed by atoms with Crippen LogP contribution in [0.25, 0.3) is 0 Å². The van der Waals surface area contributed by atoms with Crippen molar-refractivity contribution in [2.75, 3.05) is 0 Å². The molecule has 0 unspecified atom stereocenters. The van der Waals surface area contributed by atoms with Gasteiger partial charge in [-0.3, -0.25) is 4.99 Å². The molecule has 1 heterocycles. The maximum absolute atomic E-state index is 5.67. The zero-order chi connectivity index (χ0) is 8.97.